The molecule has 1 atom stereocenters. The first kappa shape index (κ1) is 37.5. The van der Waals surface area contributed by atoms with Crippen LogP contribution < -0.4 is 4.90 Å². The Labute approximate surface area is 357 Å². The van der Waals surface area contributed by atoms with E-state index in [-0.39, 0.29) is 5.92 Å². The second-order valence-corrected chi connectivity index (χ2v) is 16.8. The summed E-state index contributed by atoms with van der Waals surface area (Å²) in [6.45, 7) is 3.93. The average Bonchev–Trinajstić information content (AvgIpc) is 3.72. The highest BCUT2D eigenvalue weighted by molar-refractivity contribution is 8.03. The van der Waals surface area contributed by atoms with Gasteiger partial charge in [-0.05, 0) is 133 Å². The average molecular weight is 792 g/mol. The maximum absolute atomic E-state index is 10.9. The van der Waals surface area contributed by atoms with Crippen molar-refractivity contribution in [3.8, 4) is 33.4 Å². The van der Waals surface area contributed by atoms with Crippen molar-refractivity contribution in [1.82, 2.24) is 0 Å². The highest BCUT2D eigenvalue weighted by atomic mass is 32.2. The number of allylic oxidation sites excluding steroid dienone is 7. The van der Waals surface area contributed by atoms with Gasteiger partial charge in [0.25, 0.3) is 0 Å². The quantitative estimate of drug-likeness (QED) is 0.0848. The molecule has 0 spiro atoms. The molecular formula is C57H45NOS. The van der Waals surface area contributed by atoms with Crippen molar-refractivity contribution < 1.29 is 5.11 Å². The maximum atomic E-state index is 10.9. The van der Waals surface area contributed by atoms with Crippen molar-refractivity contribution in [3.05, 3.63) is 229 Å². The number of anilines is 3. The van der Waals surface area contributed by atoms with Gasteiger partial charge >= 0.3 is 0 Å². The smallest absolute Gasteiger partial charge is 0.1000 e. The van der Waals surface area contributed by atoms with Gasteiger partial charge in [0.2, 0.25) is 0 Å². The molecule has 0 bridgehead atoms. The molecule has 0 aromatic heterocycles. The molecule has 10 rings (SSSR count). The lowest BCUT2D eigenvalue weighted by molar-refractivity contribution is 0.365. The third-order valence-corrected chi connectivity index (χ3v) is 13.1. The van der Waals surface area contributed by atoms with Crippen LogP contribution in [-0.4, -0.2) is 5.11 Å². The summed E-state index contributed by atoms with van der Waals surface area (Å²) in [6, 6.07) is 62.3. The van der Waals surface area contributed by atoms with Gasteiger partial charge in [-0.2, -0.15) is 0 Å². The Balaban J connectivity index is 1.23. The summed E-state index contributed by atoms with van der Waals surface area (Å²) in [6.07, 6.45) is 14.0. The lowest BCUT2D eigenvalue weighted by Crippen LogP contribution is -2.13. The van der Waals surface area contributed by atoms with Gasteiger partial charge in [-0.1, -0.05) is 163 Å². The molecule has 0 saturated heterocycles. The van der Waals surface area contributed by atoms with Gasteiger partial charge in [-0.15, -0.1) is 6.58 Å². The number of hydrogen-bond acceptors (Lipinski definition) is 3. The Hall–Kier alpha value is -6.81. The van der Waals surface area contributed by atoms with E-state index in [9.17, 15) is 5.11 Å². The van der Waals surface area contributed by atoms with Crippen LogP contribution in [0.5, 0.6) is 0 Å². The van der Waals surface area contributed by atoms with Crippen molar-refractivity contribution in [2.24, 2.45) is 0 Å². The Morgan fingerprint density at radius 1 is 0.617 bits per heavy atom. The fourth-order valence-corrected chi connectivity index (χ4v) is 10.1. The van der Waals surface area contributed by atoms with Gasteiger partial charge in [-0.25, -0.2) is 0 Å². The topological polar surface area (TPSA) is 23.5 Å². The van der Waals surface area contributed by atoms with Crippen LogP contribution in [0.2, 0.25) is 0 Å². The molecular weight excluding hydrogens is 747 g/mol. The summed E-state index contributed by atoms with van der Waals surface area (Å²) < 4.78 is 0. The Bertz CT molecular complexity index is 2980. The van der Waals surface area contributed by atoms with E-state index in [1.807, 2.05) is 30.0 Å². The van der Waals surface area contributed by atoms with Crippen LogP contribution in [0.3, 0.4) is 0 Å². The summed E-state index contributed by atoms with van der Waals surface area (Å²) >= 11 is 1.89. The third-order valence-electron chi connectivity index (χ3n) is 11.9. The van der Waals surface area contributed by atoms with Crippen LogP contribution in [0.4, 0.5) is 17.1 Å². The lowest BCUT2D eigenvalue weighted by Gasteiger charge is -2.30. The molecule has 1 unspecified atom stereocenters. The maximum Gasteiger partial charge on any atom is 0.1000 e. The van der Waals surface area contributed by atoms with E-state index in [1.54, 1.807) is 0 Å². The fraction of sp³-hybridized carbons (Fsp3) is 0.0877. The molecule has 0 radical (unpaired) electrons. The van der Waals surface area contributed by atoms with E-state index >= 15 is 0 Å². The first-order chi connectivity index (χ1) is 29.6. The summed E-state index contributed by atoms with van der Waals surface area (Å²) in [5, 5.41) is 15.8. The molecule has 1 N–H and O–H groups in total. The highest BCUT2D eigenvalue weighted by Crippen LogP contribution is 2.50. The molecule has 2 aliphatic rings. The van der Waals surface area contributed by atoms with Crippen molar-refractivity contribution in [2.45, 2.75) is 36.5 Å². The number of rotatable bonds is 10. The number of hydrogen-bond donors (Lipinski definition) is 1. The summed E-state index contributed by atoms with van der Waals surface area (Å²) in [5.74, 6) is 0.353. The minimum absolute atomic E-state index is 0.0548. The van der Waals surface area contributed by atoms with Gasteiger partial charge in [-0.3, -0.25) is 0 Å². The lowest BCUT2D eigenvalue weighted by atomic mass is 9.86. The number of aliphatic hydroxyl groups excluding tert-OH is 1. The minimum atomic E-state index is -0.0548. The number of thioether (sulfide) groups is 1. The molecule has 2 nitrogen and oxygen atoms in total. The van der Waals surface area contributed by atoms with Crippen molar-refractivity contribution >= 4 is 50.4 Å². The standard InChI is InChI=1S/C57H45NOS/c1-2-3-6-22-46-34-43-30-33-45(36-57(43)60-46)58(44-31-28-41(29-32-44)48-24-15-16-27-56(48)59)55-38-51(39-17-7-4-8-18-39)54(37-52(55)40-19-9-5-10-20-40)53-35-42-21-11-12-23-47(42)49-25-13-14-26-50(49)53/h2,4-5,7-23,25-33,35-38,48,59H,1,3,6,24,34H2/b46-22+. The molecule has 1 heterocycles. The molecule has 3 heteroatoms. The molecule has 0 saturated carbocycles. The van der Waals surface area contributed by atoms with Crippen LogP contribution >= 0.6 is 11.8 Å². The molecule has 8 aromatic carbocycles. The van der Waals surface area contributed by atoms with Crippen molar-refractivity contribution in [2.75, 3.05) is 4.90 Å². The molecule has 0 amide bonds. The third kappa shape index (κ3) is 7.16. The summed E-state index contributed by atoms with van der Waals surface area (Å²) in [5.41, 5.74) is 12.7. The molecule has 60 heavy (non-hydrogen) atoms. The normalized spacial score (nSPS) is 15.3. The zero-order valence-corrected chi connectivity index (χ0v) is 34.3. The fourth-order valence-electron chi connectivity index (χ4n) is 8.95. The monoisotopic (exact) mass is 791 g/mol. The van der Waals surface area contributed by atoms with E-state index in [0.717, 1.165) is 65.0 Å². The van der Waals surface area contributed by atoms with Gasteiger partial charge in [0.1, 0.15) is 0 Å². The van der Waals surface area contributed by atoms with E-state index in [2.05, 4.69) is 193 Å². The summed E-state index contributed by atoms with van der Waals surface area (Å²) in [4.78, 5) is 5.14. The van der Waals surface area contributed by atoms with Gasteiger partial charge < -0.3 is 10.0 Å². The van der Waals surface area contributed by atoms with E-state index in [4.69, 9.17) is 0 Å². The zero-order chi connectivity index (χ0) is 40.4. The van der Waals surface area contributed by atoms with E-state index in [1.165, 1.54) is 53.6 Å². The SMILES string of the molecule is C=CCC/C=C1\Cc2ccc(N(c3ccc(C4CC=CC=C4O)cc3)c3cc(-c4ccccc4)c(-c4cc5ccccc5c5ccccc45)cc3-c3ccccc3)cc2S1. The number of unbranched alkanes of at least 4 members (excludes halogenated alkanes) is 1. The molecule has 290 valence electrons. The number of aliphatic hydroxyl groups is 1. The Kier molecular flexibility index (Phi) is 10.3. The second kappa shape index (κ2) is 16.4. The minimum Gasteiger partial charge on any atom is -0.512 e. The Morgan fingerprint density at radius 3 is 2.05 bits per heavy atom. The van der Waals surface area contributed by atoms with Gasteiger partial charge in [0, 0.05) is 34.2 Å². The first-order valence-corrected chi connectivity index (χ1v) is 21.7. The van der Waals surface area contributed by atoms with E-state index in [0.29, 0.717) is 5.76 Å². The Morgan fingerprint density at radius 2 is 1.30 bits per heavy atom. The number of nitrogens with zero attached hydrogens (tertiary/aromatic N) is 1. The van der Waals surface area contributed by atoms with Crippen LogP contribution in [0.15, 0.2) is 222 Å². The van der Waals surface area contributed by atoms with Gasteiger partial charge in [0.15, 0.2) is 0 Å². The van der Waals surface area contributed by atoms with Crippen LogP contribution in [0, 0.1) is 0 Å². The predicted molar refractivity (Wildman–Crippen MR) is 257 cm³/mol. The number of fused-ring (bicyclic) bond motifs is 4. The molecule has 0 fully saturated rings. The predicted octanol–water partition coefficient (Wildman–Crippen LogP) is 16.4. The molecule has 8 aromatic rings. The van der Waals surface area contributed by atoms with Crippen molar-refractivity contribution in [1.29, 1.82) is 0 Å². The number of benzene rings is 8. The summed E-state index contributed by atoms with van der Waals surface area (Å²) in [7, 11) is 0. The molecule has 1 aliphatic carbocycles. The highest BCUT2D eigenvalue weighted by Gasteiger charge is 2.26. The van der Waals surface area contributed by atoms with Gasteiger partial charge in [0.05, 0.1) is 11.4 Å². The van der Waals surface area contributed by atoms with Crippen LogP contribution in [0.25, 0.3) is 54.9 Å². The van der Waals surface area contributed by atoms with E-state index < -0.39 is 0 Å². The second-order valence-electron chi connectivity index (χ2n) is 15.7. The first-order valence-electron chi connectivity index (χ1n) is 20.9. The van der Waals surface area contributed by atoms with Crippen LogP contribution in [-0.2, 0) is 6.42 Å². The van der Waals surface area contributed by atoms with Crippen molar-refractivity contribution in [3.63, 3.8) is 0 Å². The zero-order valence-electron chi connectivity index (χ0n) is 33.5. The largest absolute Gasteiger partial charge is 0.512 e. The molecule has 1 aliphatic heterocycles. The van der Waals surface area contributed by atoms with Crippen LogP contribution in [0.1, 0.15) is 36.3 Å².